The SMILES string of the molecule is Cc1cnn([C@H](C)[C@H](C)NCc2cn3ccsc3n2)c1. The van der Waals surface area contributed by atoms with E-state index < -0.39 is 0 Å². The van der Waals surface area contributed by atoms with Crippen molar-refractivity contribution in [1.29, 1.82) is 0 Å². The molecule has 0 spiro atoms. The van der Waals surface area contributed by atoms with Crippen LogP contribution in [-0.2, 0) is 6.54 Å². The van der Waals surface area contributed by atoms with Crippen LogP contribution in [0.15, 0.2) is 30.2 Å². The smallest absolute Gasteiger partial charge is 0.193 e. The summed E-state index contributed by atoms with van der Waals surface area (Å²) in [4.78, 5) is 5.62. The van der Waals surface area contributed by atoms with E-state index in [0.717, 1.165) is 17.2 Å². The Morgan fingerprint density at radius 2 is 2.20 bits per heavy atom. The van der Waals surface area contributed by atoms with Crippen LogP contribution in [0.25, 0.3) is 4.96 Å². The molecule has 0 saturated heterocycles. The van der Waals surface area contributed by atoms with Crippen molar-refractivity contribution in [2.24, 2.45) is 0 Å². The number of hydrogen-bond donors (Lipinski definition) is 1. The molecule has 0 saturated carbocycles. The van der Waals surface area contributed by atoms with Crippen LogP contribution >= 0.6 is 11.3 Å². The van der Waals surface area contributed by atoms with Crippen LogP contribution in [-0.4, -0.2) is 25.2 Å². The Morgan fingerprint density at radius 1 is 1.35 bits per heavy atom. The molecule has 0 aliphatic rings. The van der Waals surface area contributed by atoms with Crippen molar-refractivity contribution >= 4 is 16.3 Å². The Bertz CT molecular complexity index is 667. The Kier molecular flexibility index (Phi) is 3.58. The highest BCUT2D eigenvalue weighted by Gasteiger charge is 2.14. The third kappa shape index (κ3) is 2.62. The highest BCUT2D eigenvalue weighted by atomic mass is 32.1. The predicted molar refractivity (Wildman–Crippen MR) is 81.0 cm³/mol. The van der Waals surface area contributed by atoms with E-state index in [1.165, 1.54) is 5.56 Å². The van der Waals surface area contributed by atoms with Crippen LogP contribution in [0.3, 0.4) is 0 Å². The minimum Gasteiger partial charge on any atom is -0.306 e. The van der Waals surface area contributed by atoms with Gasteiger partial charge in [0, 0.05) is 36.6 Å². The van der Waals surface area contributed by atoms with Crippen molar-refractivity contribution < 1.29 is 0 Å². The molecule has 106 valence electrons. The quantitative estimate of drug-likeness (QED) is 0.785. The standard InChI is InChI=1S/C14H19N5S/c1-10-6-16-19(8-10)12(3)11(2)15-7-13-9-18-4-5-20-14(18)17-13/h4-6,8-9,11-12,15H,7H2,1-3H3/t11-,12+/m0/s1. The van der Waals surface area contributed by atoms with E-state index >= 15 is 0 Å². The Hall–Kier alpha value is -1.66. The lowest BCUT2D eigenvalue weighted by atomic mass is 10.1. The van der Waals surface area contributed by atoms with Gasteiger partial charge in [0.25, 0.3) is 0 Å². The second kappa shape index (κ2) is 5.38. The molecular formula is C14H19N5S. The van der Waals surface area contributed by atoms with Crippen molar-refractivity contribution in [1.82, 2.24) is 24.5 Å². The van der Waals surface area contributed by atoms with Gasteiger partial charge in [-0.1, -0.05) is 0 Å². The lowest BCUT2D eigenvalue weighted by Gasteiger charge is -2.21. The van der Waals surface area contributed by atoms with Gasteiger partial charge in [-0.25, -0.2) is 4.98 Å². The minimum absolute atomic E-state index is 0.312. The zero-order valence-corrected chi connectivity index (χ0v) is 12.8. The Labute approximate surface area is 122 Å². The summed E-state index contributed by atoms with van der Waals surface area (Å²) in [6.45, 7) is 7.20. The van der Waals surface area contributed by atoms with Crippen LogP contribution in [0.5, 0.6) is 0 Å². The fourth-order valence-corrected chi connectivity index (χ4v) is 2.90. The zero-order chi connectivity index (χ0) is 14.1. The first-order chi connectivity index (χ1) is 9.63. The molecular weight excluding hydrogens is 270 g/mol. The van der Waals surface area contributed by atoms with Gasteiger partial charge in [0.2, 0.25) is 0 Å². The second-order valence-corrected chi connectivity index (χ2v) is 6.11. The van der Waals surface area contributed by atoms with Crippen molar-refractivity contribution in [2.45, 2.75) is 39.4 Å². The van der Waals surface area contributed by atoms with Gasteiger partial charge in [0.1, 0.15) is 0 Å². The molecule has 3 aromatic heterocycles. The summed E-state index contributed by atoms with van der Waals surface area (Å²) in [5, 5.41) is 9.95. The maximum atomic E-state index is 4.58. The molecule has 0 bridgehead atoms. The molecule has 0 radical (unpaired) electrons. The molecule has 0 aromatic carbocycles. The molecule has 0 aliphatic carbocycles. The number of aryl methyl sites for hydroxylation is 1. The van der Waals surface area contributed by atoms with Gasteiger partial charge in [-0.05, 0) is 26.3 Å². The van der Waals surface area contributed by atoms with Gasteiger partial charge in [-0.15, -0.1) is 11.3 Å². The number of rotatable bonds is 5. The summed E-state index contributed by atoms with van der Waals surface area (Å²) in [6.07, 6.45) is 8.09. The molecule has 2 atom stereocenters. The summed E-state index contributed by atoms with van der Waals surface area (Å²) in [7, 11) is 0. The summed E-state index contributed by atoms with van der Waals surface area (Å²) in [5.41, 5.74) is 2.27. The van der Waals surface area contributed by atoms with E-state index in [0.29, 0.717) is 12.1 Å². The van der Waals surface area contributed by atoms with Gasteiger partial charge >= 0.3 is 0 Å². The molecule has 0 unspecified atom stereocenters. The summed E-state index contributed by atoms with van der Waals surface area (Å²) < 4.78 is 4.07. The monoisotopic (exact) mass is 289 g/mol. The van der Waals surface area contributed by atoms with Gasteiger partial charge < -0.3 is 5.32 Å². The van der Waals surface area contributed by atoms with Crippen molar-refractivity contribution in [3.63, 3.8) is 0 Å². The first kappa shape index (κ1) is 13.3. The van der Waals surface area contributed by atoms with Crippen LogP contribution in [0, 0.1) is 6.92 Å². The minimum atomic E-state index is 0.312. The molecule has 5 nitrogen and oxygen atoms in total. The number of imidazole rings is 1. The maximum absolute atomic E-state index is 4.58. The third-order valence-corrected chi connectivity index (χ3v) is 4.39. The number of aromatic nitrogens is 4. The van der Waals surface area contributed by atoms with Crippen molar-refractivity contribution in [3.05, 3.63) is 41.4 Å². The first-order valence-electron chi connectivity index (χ1n) is 6.78. The molecule has 0 aliphatic heterocycles. The van der Waals surface area contributed by atoms with E-state index in [1.807, 2.05) is 22.5 Å². The predicted octanol–water partition coefficient (Wildman–Crippen LogP) is 2.64. The van der Waals surface area contributed by atoms with E-state index in [9.17, 15) is 0 Å². The lowest BCUT2D eigenvalue weighted by Crippen LogP contribution is -2.33. The molecule has 6 heteroatoms. The lowest BCUT2D eigenvalue weighted by molar-refractivity contribution is 0.364. The zero-order valence-electron chi connectivity index (χ0n) is 11.9. The number of nitrogens with one attached hydrogen (secondary N) is 1. The molecule has 3 heterocycles. The van der Waals surface area contributed by atoms with Crippen LogP contribution in [0.1, 0.15) is 31.1 Å². The molecule has 1 N–H and O–H groups in total. The maximum Gasteiger partial charge on any atom is 0.193 e. The van der Waals surface area contributed by atoms with Gasteiger partial charge in [-0.3, -0.25) is 9.08 Å². The summed E-state index contributed by atoms with van der Waals surface area (Å²) in [5.74, 6) is 0. The van der Waals surface area contributed by atoms with Crippen molar-refractivity contribution in [3.8, 4) is 0 Å². The van der Waals surface area contributed by atoms with E-state index in [1.54, 1.807) is 11.3 Å². The van der Waals surface area contributed by atoms with E-state index in [-0.39, 0.29) is 0 Å². The van der Waals surface area contributed by atoms with Gasteiger partial charge in [-0.2, -0.15) is 5.10 Å². The summed E-state index contributed by atoms with van der Waals surface area (Å²) in [6, 6.07) is 0.640. The van der Waals surface area contributed by atoms with Crippen LogP contribution < -0.4 is 5.32 Å². The molecule has 3 aromatic rings. The van der Waals surface area contributed by atoms with Crippen LogP contribution in [0.2, 0.25) is 0 Å². The molecule has 0 fully saturated rings. The molecule has 0 amide bonds. The van der Waals surface area contributed by atoms with E-state index in [2.05, 4.69) is 53.0 Å². The van der Waals surface area contributed by atoms with Gasteiger partial charge in [0.05, 0.1) is 17.9 Å². The number of fused-ring (bicyclic) bond motifs is 1. The Morgan fingerprint density at radius 3 is 2.90 bits per heavy atom. The first-order valence-corrected chi connectivity index (χ1v) is 7.66. The largest absolute Gasteiger partial charge is 0.306 e. The third-order valence-electron chi connectivity index (χ3n) is 3.62. The summed E-state index contributed by atoms with van der Waals surface area (Å²) >= 11 is 1.66. The van der Waals surface area contributed by atoms with Gasteiger partial charge in [0.15, 0.2) is 4.96 Å². The average Bonchev–Trinajstić information content (AvgIpc) is 3.10. The number of thiazole rings is 1. The Balaban J connectivity index is 1.61. The normalized spacial score (nSPS) is 14.8. The van der Waals surface area contributed by atoms with Crippen LogP contribution in [0.4, 0.5) is 0 Å². The van der Waals surface area contributed by atoms with Crippen molar-refractivity contribution in [2.75, 3.05) is 0 Å². The highest BCUT2D eigenvalue weighted by Crippen LogP contribution is 2.13. The molecule has 3 rings (SSSR count). The second-order valence-electron chi connectivity index (χ2n) is 5.23. The fourth-order valence-electron chi connectivity index (χ4n) is 2.18. The topological polar surface area (TPSA) is 47.2 Å². The number of hydrogen-bond acceptors (Lipinski definition) is 4. The highest BCUT2D eigenvalue weighted by molar-refractivity contribution is 7.15. The molecule has 20 heavy (non-hydrogen) atoms. The average molecular weight is 289 g/mol. The van der Waals surface area contributed by atoms with E-state index in [4.69, 9.17) is 0 Å². The fraction of sp³-hybridized carbons (Fsp3) is 0.429. The number of nitrogens with zero attached hydrogens (tertiary/aromatic N) is 4.